The largest absolute Gasteiger partial charge is 0.394 e. The molecule has 3 saturated heterocycles. The second kappa shape index (κ2) is 7.94. The summed E-state index contributed by atoms with van der Waals surface area (Å²) in [6, 6.07) is 0. The zero-order valence-electron chi connectivity index (χ0n) is 20.9. The van der Waals surface area contributed by atoms with Crippen LogP contribution in [0.1, 0.15) is 46.0 Å². The molecule has 0 amide bonds. The molecule has 14 unspecified atom stereocenters. The maximum Gasteiger partial charge on any atom is 0.201 e. The van der Waals surface area contributed by atoms with Crippen molar-refractivity contribution in [2.75, 3.05) is 13.2 Å². The van der Waals surface area contributed by atoms with Crippen molar-refractivity contribution in [3.05, 3.63) is 12.2 Å². The highest BCUT2D eigenvalue weighted by Crippen LogP contribution is 2.77. The number of rotatable bonds is 3. The molecule has 0 aromatic carbocycles. The zero-order chi connectivity index (χ0) is 26.0. The van der Waals surface area contributed by atoms with Crippen molar-refractivity contribution >= 4 is 0 Å². The van der Waals surface area contributed by atoms with Gasteiger partial charge in [0.1, 0.15) is 30.5 Å². The topological polar surface area (TPSA) is 169 Å². The van der Waals surface area contributed by atoms with Crippen molar-refractivity contribution in [3.63, 3.8) is 0 Å². The quantitative estimate of drug-likeness (QED) is 0.233. The molecule has 7 fully saturated rings. The van der Waals surface area contributed by atoms with Crippen molar-refractivity contribution in [1.29, 1.82) is 0 Å². The van der Waals surface area contributed by atoms with E-state index in [0.717, 1.165) is 6.42 Å². The van der Waals surface area contributed by atoms with Gasteiger partial charge in [0.05, 0.1) is 30.8 Å². The summed E-state index contributed by atoms with van der Waals surface area (Å²) in [5.41, 5.74) is -1.67. The van der Waals surface area contributed by atoms with Crippen LogP contribution in [0.15, 0.2) is 12.2 Å². The summed E-state index contributed by atoms with van der Waals surface area (Å²) in [4.78, 5) is 0. The van der Waals surface area contributed by atoms with Crippen molar-refractivity contribution in [3.8, 4) is 0 Å². The number of fused-ring (bicyclic) bond motifs is 2. The Bertz CT molecular complexity index is 924. The van der Waals surface area contributed by atoms with Crippen molar-refractivity contribution in [2.45, 2.75) is 101 Å². The Morgan fingerprint density at radius 2 is 1.75 bits per heavy atom. The first kappa shape index (κ1) is 25.6. The SMILES string of the molecule is C=C1C2CCC3C45COC(O)(C(O)C4C(C)(C)CCC5OC4OC(CO)C(O)C(O)C4O)C3(C2)C1O. The average Bonchev–Trinajstić information content (AvgIpc) is 3.03. The summed E-state index contributed by atoms with van der Waals surface area (Å²) in [5, 5.41) is 76.3. The predicted octanol–water partition coefficient (Wildman–Crippen LogP) is -0.979. The molecular weight excluding hydrogens is 472 g/mol. The van der Waals surface area contributed by atoms with Gasteiger partial charge in [0.15, 0.2) is 6.29 Å². The van der Waals surface area contributed by atoms with E-state index in [-0.39, 0.29) is 23.9 Å². The molecule has 204 valence electrons. The summed E-state index contributed by atoms with van der Waals surface area (Å²) >= 11 is 0. The Kier molecular flexibility index (Phi) is 5.65. The summed E-state index contributed by atoms with van der Waals surface area (Å²) in [6.45, 7) is 7.81. The highest BCUT2D eigenvalue weighted by Gasteiger charge is 2.84. The van der Waals surface area contributed by atoms with Crippen LogP contribution in [0.4, 0.5) is 0 Å². The lowest BCUT2D eigenvalue weighted by Gasteiger charge is -2.75. The third-order valence-electron chi connectivity index (χ3n) is 11.2. The summed E-state index contributed by atoms with van der Waals surface area (Å²) in [5.74, 6) is -2.58. The number of hydrogen-bond acceptors (Lipinski definition) is 10. The Morgan fingerprint density at radius 1 is 1.03 bits per heavy atom. The minimum absolute atomic E-state index is 0.0340. The lowest BCUT2D eigenvalue weighted by molar-refractivity contribution is -0.473. The molecule has 36 heavy (non-hydrogen) atoms. The van der Waals surface area contributed by atoms with E-state index in [1.54, 1.807) is 0 Å². The molecule has 10 heteroatoms. The number of aliphatic hydroxyl groups excluding tert-OH is 6. The van der Waals surface area contributed by atoms with Crippen LogP contribution in [-0.4, -0.2) is 104 Å². The molecule has 4 bridgehead atoms. The smallest absolute Gasteiger partial charge is 0.201 e. The van der Waals surface area contributed by atoms with E-state index in [1.807, 2.05) is 0 Å². The Balaban J connectivity index is 1.44. The van der Waals surface area contributed by atoms with E-state index in [0.29, 0.717) is 31.3 Å². The van der Waals surface area contributed by atoms with Gasteiger partial charge >= 0.3 is 0 Å². The molecule has 3 aliphatic heterocycles. The number of hydrogen-bond donors (Lipinski definition) is 7. The molecule has 0 radical (unpaired) electrons. The van der Waals surface area contributed by atoms with Crippen molar-refractivity contribution in [1.82, 2.24) is 0 Å². The van der Waals surface area contributed by atoms with Crippen molar-refractivity contribution in [2.24, 2.45) is 34.0 Å². The standard InChI is InChI=1S/C26H40O10/c1-11-12-4-5-14-24-10-34-26(33,25(14,8-12)20(11)31)21(32)19(24)23(2,3)7-6-15(24)36-22-18(30)17(29)16(28)13(9-27)35-22/h12-22,27-33H,1,4-10H2,2-3H3. The maximum atomic E-state index is 12.0. The molecule has 4 aliphatic carbocycles. The van der Waals surface area contributed by atoms with Gasteiger partial charge < -0.3 is 50.0 Å². The van der Waals surface area contributed by atoms with Crippen molar-refractivity contribution < 1.29 is 50.0 Å². The maximum absolute atomic E-state index is 12.0. The van der Waals surface area contributed by atoms with Crippen LogP contribution >= 0.6 is 0 Å². The van der Waals surface area contributed by atoms with E-state index in [1.165, 1.54) is 0 Å². The lowest BCUT2D eigenvalue weighted by atomic mass is 9.36. The Labute approximate surface area is 210 Å². The van der Waals surface area contributed by atoms with Gasteiger partial charge in [-0.3, -0.25) is 0 Å². The molecule has 0 aromatic heterocycles. The van der Waals surface area contributed by atoms with Crippen LogP contribution in [-0.2, 0) is 14.2 Å². The van der Waals surface area contributed by atoms with Gasteiger partial charge in [-0.05, 0) is 54.9 Å². The van der Waals surface area contributed by atoms with E-state index < -0.39 is 78.2 Å². The second-order valence-corrected chi connectivity index (χ2v) is 12.9. The molecule has 7 rings (SSSR count). The molecule has 14 atom stereocenters. The van der Waals surface area contributed by atoms with Gasteiger partial charge in [-0.2, -0.15) is 0 Å². The van der Waals surface area contributed by atoms with Gasteiger partial charge in [0.2, 0.25) is 5.79 Å². The van der Waals surface area contributed by atoms with Crippen LogP contribution in [0.25, 0.3) is 0 Å². The summed E-state index contributed by atoms with van der Waals surface area (Å²) in [7, 11) is 0. The highest BCUT2D eigenvalue weighted by atomic mass is 16.7. The first-order valence-electron chi connectivity index (χ1n) is 13.2. The Hall–Kier alpha value is -0.660. The van der Waals surface area contributed by atoms with E-state index in [2.05, 4.69) is 20.4 Å². The lowest BCUT2D eigenvalue weighted by Crippen LogP contribution is -2.84. The average molecular weight is 513 g/mol. The van der Waals surface area contributed by atoms with Crippen LogP contribution in [0.5, 0.6) is 0 Å². The zero-order valence-corrected chi connectivity index (χ0v) is 20.9. The fourth-order valence-electron chi connectivity index (χ4n) is 9.58. The Morgan fingerprint density at radius 3 is 2.44 bits per heavy atom. The van der Waals surface area contributed by atoms with E-state index in [9.17, 15) is 35.7 Å². The number of ether oxygens (including phenoxy) is 3. The minimum Gasteiger partial charge on any atom is -0.394 e. The predicted molar refractivity (Wildman–Crippen MR) is 123 cm³/mol. The highest BCUT2D eigenvalue weighted by molar-refractivity contribution is 5.35. The monoisotopic (exact) mass is 512 g/mol. The van der Waals surface area contributed by atoms with Gasteiger partial charge in [0, 0.05) is 11.3 Å². The van der Waals surface area contributed by atoms with E-state index in [4.69, 9.17) is 14.2 Å². The van der Waals surface area contributed by atoms with Crippen LogP contribution in [0.2, 0.25) is 0 Å². The summed E-state index contributed by atoms with van der Waals surface area (Å²) < 4.78 is 18.3. The van der Waals surface area contributed by atoms with Crippen LogP contribution < -0.4 is 0 Å². The molecule has 7 N–H and O–H groups in total. The molecule has 0 aromatic rings. The molecule has 7 aliphatic rings. The number of aliphatic hydroxyl groups is 7. The normalized spacial score (nSPS) is 59.5. The van der Waals surface area contributed by atoms with Crippen LogP contribution in [0, 0.1) is 34.0 Å². The second-order valence-electron chi connectivity index (χ2n) is 12.9. The first-order chi connectivity index (χ1) is 16.9. The molecule has 2 spiro atoms. The van der Waals surface area contributed by atoms with Gasteiger partial charge in [-0.25, -0.2) is 0 Å². The fraction of sp³-hybridized carbons (Fsp3) is 0.923. The third kappa shape index (κ3) is 2.81. The molecular formula is C26H40O10. The van der Waals surface area contributed by atoms with Gasteiger partial charge in [0.25, 0.3) is 0 Å². The fourth-order valence-corrected chi connectivity index (χ4v) is 9.58. The van der Waals surface area contributed by atoms with E-state index >= 15 is 0 Å². The molecule has 4 saturated carbocycles. The van der Waals surface area contributed by atoms with Gasteiger partial charge in [-0.1, -0.05) is 20.4 Å². The first-order valence-corrected chi connectivity index (χ1v) is 13.2. The van der Waals surface area contributed by atoms with Crippen LogP contribution in [0.3, 0.4) is 0 Å². The van der Waals surface area contributed by atoms with Gasteiger partial charge in [-0.15, -0.1) is 0 Å². The molecule has 10 nitrogen and oxygen atoms in total. The minimum atomic E-state index is -1.93. The third-order valence-corrected chi connectivity index (χ3v) is 11.2. The molecule has 3 heterocycles. The summed E-state index contributed by atoms with van der Waals surface area (Å²) in [6.07, 6.45) is -6.80.